The van der Waals surface area contributed by atoms with E-state index in [0.29, 0.717) is 12.3 Å². The molecule has 0 saturated heterocycles. The summed E-state index contributed by atoms with van der Waals surface area (Å²) in [6, 6.07) is 7.46. The Kier molecular flexibility index (Phi) is 2.13. The number of hydrogen-bond acceptors (Lipinski definition) is 2. The zero-order valence-corrected chi connectivity index (χ0v) is 8.28. The summed E-state index contributed by atoms with van der Waals surface area (Å²) < 4.78 is 6.74. The highest BCUT2D eigenvalue weighted by atomic mass is 16.4. The lowest BCUT2D eigenvalue weighted by atomic mass is 10.3. The zero-order chi connectivity index (χ0) is 10.1. The van der Waals surface area contributed by atoms with Crippen molar-refractivity contribution in [2.75, 3.05) is 14.1 Å². The molecule has 4 nitrogen and oxygen atoms in total. The van der Waals surface area contributed by atoms with Crippen molar-refractivity contribution in [3.63, 3.8) is 0 Å². The minimum absolute atomic E-state index is 0.285. The molecule has 0 bridgehead atoms. The molecule has 0 spiro atoms. The molecule has 0 amide bonds. The number of fused-ring (bicyclic) bond motifs is 1. The third-order valence-electron chi connectivity index (χ3n) is 2.05. The molecule has 1 heterocycles. The second-order valence-electron chi connectivity index (χ2n) is 3.63. The zero-order valence-electron chi connectivity index (χ0n) is 8.28. The third-order valence-corrected chi connectivity index (χ3v) is 2.05. The van der Waals surface area contributed by atoms with Crippen molar-refractivity contribution < 1.29 is 9.32 Å². The molecule has 0 aliphatic rings. The molecule has 0 atom stereocenters. The van der Waals surface area contributed by atoms with Crippen LogP contribution in [0.5, 0.6) is 0 Å². The Bertz CT molecular complexity index is 496. The number of quaternary nitrogens is 1. The number of nitrogens with one attached hydrogen (secondary N) is 1. The van der Waals surface area contributed by atoms with E-state index in [0.717, 1.165) is 5.52 Å². The maximum absolute atomic E-state index is 11.5. The molecular formula is C10H13N2O2+. The predicted molar refractivity (Wildman–Crippen MR) is 53.3 cm³/mol. The summed E-state index contributed by atoms with van der Waals surface area (Å²) in [5.74, 6) is -0.285. The molecule has 4 heteroatoms. The van der Waals surface area contributed by atoms with Crippen LogP contribution < -0.4 is 10.7 Å². The quantitative estimate of drug-likeness (QED) is 0.711. The first-order valence-electron chi connectivity index (χ1n) is 4.56. The van der Waals surface area contributed by atoms with Gasteiger partial charge in [0.25, 0.3) is 0 Å². The minimum atomic E-state index is -0.285. The lowest BCUT2D eigenvalue weighted by molar-refractivity contribution is -0.882. The molecule has 0 radical (unpaired) electrons. The Hall–Kier alpha value is -1.55. The molecule has 1 aromatic heterocycles. The van der Waals surface area contributed by atoms with Gasteiger partial charge in [0.05, 0.1) is 19.6 Å². The molecule has 0 unspecified atom stereocenters. The Labute approximate surface area is 81.4 Å². The number of rotatable bonds is 2. The van der Waals surface area contributed by atoms with E-state index >= 15 is 0 Å². The normalized spacial score (nSPS) is 11.4. The van der Waals surface area contributed by atoms with E-state index in [1.165, 1.54) is 4.90 Å². The molecular weight excluding hydrogens is 180 g/mol. The number of para-hydroxylation sites is 2. The van der Waals surface area contributed by atoms with E-state index in [1.807, 2.05) is 32.3 Å². The van der Waals surface area contributed by atoms with Gasteiger partial charge < -0.3 is 9.32 Å². The van der Waals surface area contributed by atoms with Crippen LogP contribution in [0.3, 0.4) is 0 Å². The van der Waals surface area contributed by atoms with Crippen LogP contribution >= 0.6 is 0 Å². The average Bonchev–Trinajstić information content (AvgIpc) is 2.43. The molecule has 74 valence electrons. The van der Waals surface area contributed by atoms with Gasteiger partial charge in [-0.25, -0.2) is 9.36 Å². The Morgan fingerprint density at radius 1 is 1.36 bits per heavy atom. The van der Waals surface area contributed by atoms with E-state index in [1.54, 1.807) is 10.6 Å². The van der Waals surface area contributed by atoms with Crippen molar-refractivity contribution in [2.45, 2.75) is 6.67 Å². The first-order chi connectivity index (χ1) is 6.68. The van der Waals surface area contributed by atoms with Gasteiger partial charge in [-0.2, -0.15) is 0 Å². The Balaban J connectivity index is 2.62. The summed E-state index contributed by atoms with van der Waals surface area (Å²) in [6.07, 6.45) is 0. The summed E-state index contributed by atoms with van der Waals surface area (Å²) in [5.41, 5.74) is 1.51. The number of nitrogens with zero attached hydrogens (tertiary/aromatic N) is 1. The molecule has 0 aliphatic carbocycles. The van der Waals surface area contributed by atoms with Gasteiger partial charge in [-0.05, 0) is 12.1 Å². The summed E-state index contributed by atoms with van der Waals surface area (Å²) in [7, 11) is 3.99. The lowest BCUT2D eigenvalue weighted by Crippen LogP contribution is -3.05. The number of benzene rings is 1. The van der Waals surface area contributed by atoms with Crippen molar-refractivity contribution in [1.29, 1.82) is 0 Å². The van der Waals surface area contributed by atoms with E-state index in [4.69, 9.17) is 4.42 Å². The SMILES string of the molecule is C[NH+](C)Cn1c(=O)oc2ccccc21. The van der Waals surface area contributed by atoms with Crippen LogP contribution in [0.15, 0.2) is 33.5 Å². The molecule has 2 aromatic rings. The van der Waals surface area contributed by atoms with Crippen LogP contribution in [0, 0.1) is 0 Å². The van der Waals surface area contributed by atoms with Crippen LogP contribution in [-0.4, -0.2) is 18.7 Å². The lowest BCUT2D eigenvalue weighted by Gasteiger charge is -2.06. The van der Waals surface area contributed by atoms with Crippen molar-refractivity contribution in [1.82, 2.24) is 4.57 Å². The van der Waals surface area contributed by atoms with Crippen LogP contribution in [0.25, 0.3) is 11.1 Å². The first kappa shape index (κ1) is 9.02. The van der Waals surface area contributed by atoms with Gasteiger partial charge in [-0.1, -0.05) is 12.1 Å². The highest BCUT2D eigenvalue weighted by Gasteiger charge is 2.09. The standard InChI is InChI=1S/C10H12N2O2/c1-11(2)7-12-8-5-3-4-6-9(8)14-10(12)13/h3-6H,7H2,1-2H3/p+1. The topological polar surface area (TPSA) is 39.6 Å². The van der Waals surface area contributed by atoms with Gasteiger partial charge in [0.2, 0.25) is 0 Å². The fourth-order valence-electron chi connectivity index (χ4n) is 1.48. The van der Waals surface area contributed by atoms with E-state index in [-0.39, 0.29) is 5.76 Å². The smallest absolute Gasteiger partial charge is 0.408 e. The Morgan fingerprint density at radius 2 is 2.07 bits per heavy atom. The number of oxazole rings is 1. The van der Waals surface area contributed by atoms with Crippen molar-refractivity contribution >= 4 is 11.1 Å². The van der Waals surface area contributed by atoms with Crippen LogP contribution in [0.4, 0.5) is 0 Å². The molecule has 0 aliphatic heterocycles. The Morgan fingerprint density at radius 3 is 2.79 bits per heavy atom. The predicted octanol–water partition coefficient (Wildman–Crippen LogP) is -0.303. The third kappa shape index (κ3) is 1.44. The van der Waals surface area contributed by atoms with Gasteiger partial charge in [-0.3, -0.25) is 0 Å². The first-order valence-corrected chi connectivity index (χ1v) is 4.56. The highest BCUT2D eigenvalue weighted by Crippen LogP contribution is 2.10. The van der Waals surface area contributed by atoms with Gasteiger partial charge in [0.1, 0.15) is 0 Å². The van der Waals surface area contributed by atoms with Crippen molar-refractivity contribution in [3.8, 4) is 0 Å². The van der Waals surface area contributed by atoms with Gasteiger partial charge in [-0.15, -0.1) is 0 Å². The van der Waals surface area contributed by atoms with E-state index in [2.05, 4.69) is 0 Å². The molecule has 0 saturated carbocycles. The summed E-state index contributed by atoms with van der Waals surface area (Å²) in [5, 5.41) is 0. The fraction of sp³-hybridized carbons (Fsp3) is 0.300. The van der Waals surface area contributed by atoms with Crippen molar-refractivity contribution in [3.05, 3.63) is 34.8 Å². The van der Waals surface area contributed by atoms with Gasteiger partial charge in [0.15, 0.2) is 12.3 Å². The van der Waals surface area contributed by atoms with E-state index < -0.39 is 0 Å². The fourth-order valence-corrected chi connectivity index (χ4v) is 1.48. The monoisotopic (exact) mass is 193 g/mol. The molecule has 2 rings (SSSR count). The van der Waals surface area contributed by atoms with Gasteiger partial charge >= 0.3 is 5.76 Å². The summed E-state index contributed by atoms with van der Waals surface area (Å²) in [6.45, 7) is 0.621. The summed E-state index contributed by atoms with van der Waals surface area (Å²) >= 11 is 0. The number of hydrogen-bond donors (Lipinski definition) is 1. The molecule has 14 heavy (non-hydrogen) atoms. The second kappa shape index (κ2) is 3.31. The summed E-state index contributed by atoms with van der Waals surface area (Å²) in [4.78, 5) is 12.6. The molecule has 1 N–H and O–H groups in total. The molecule has 1 aromatic carbocycles. The average molecular weight is 193 g/mol. The largest absolute Gasteiger partial charge is 0.424 e. The van der Waals surface area contributed by atoms with Crippen LogP contribution in [-0.2, 0) is 6.67 Å². The highest BCUT2D eigenvalue weighted by molar-refractivity contribution is 5.72. The van der Waals surface area contributed by atoms with Crippen LogP contribution in [0.1, 0.15) is 0 Å². The minimum Gasteiger partial charge on any atom is -0.408 e. The van der Waals surface area contributed by atoms with Gasteiger partial charge in [0, 0.05) is 0 Å². The van der Waals surface area contributed by atoms with E-state index in [9.17, 15) is 4.79 Å². The van der Waals surface area contributed by atoms with Crippen molar-refractivity contribution in [2.24, 2.45) is 0 Å². The van der Waals surface area contributed by atoms with Crippen LogP contribution in [0.2, 0.25) is 0 Å². The second-order valence-corrected chi connectivity index (χ2v) is 3.63. The maximum atomic E-state index is 11.5. The maximum Gasteiger partial charge on any atom is 0.424 e. The molecule has 0 fully saturated rings. The number of aromatic nitrogens is 1.